The lowest BCUT2D eigenvalue weighted by Gasteiger charge is -2.26. The van der Waals surface area contributed by atoms with Crippen LogP contribution in [0.25, 0.3) is 6.08 Å². The quantitative estimate of drug-likeness (QED) is 0.378. The van der Waals surface area contributed by atoms with Gasteiger partial charge in [-0.25, -0.2) is 14.1 Å². The summed E-state index contributed by atoms with van der Waals surface area (Å²) in [5.41, 5.74) is 1.27. The van der Waals surface area contributed by atoms with Gasteiger partial charge in [0.1, 0.15) is 17.1 Å². The highest BCUT2D eigenvalue weighted by atomic mass is 35.5. The molecule has 1 aliphatic heterocycles. The molecule has 0 saturated carbocycles. The number of hydrogen-bond donors (Lipinski definition) is 2. The second-order valence-corrected chi connectivity index (χ2v) is 8.18. The number of nitrogens with one attached hydrogen (secondary N) is 2. The van der Waals surface area contributed by atoms with Crippen LogP contribution in [0, 0.1) is 12.7 Å². The minimum atomic E-state index is -0.875. The Hall–Kier alpha value is -4.50. The zero-order chi connectivity index (χ0) is 25.8. The van der Waals surface area contributed by atoms with Crippen LogP contribution in [0.1, 0.15) is 11.1 Å². The molecule has 0 bridgehead atoms. The van der Waals surface area contributed by atoms with E-state index in [9.17, 15) is 23.6 Å². The van der Waals surface area contributed by atoms with E-state index in [0.717, 1.165) is 10.5 Å². The van der Waals surface area contributed by atoms with Crippen molar-refractivity contribution < 1.29 is 28.3 Å². The number of barbiturate groups is 1. The Bertz CT molecular complexity index is 1400. The number of imide groups is 2. The lowest BCUT2D eigenvalue weighted by Crippen LogP contribution is -2.54. The molecule has 182 valence electrons. The van der Waals surface area contributed by atoms with Gasteiger partial charge in [0, 0.05) is 5.02 Å². The van der Waals surface area contributed by atoms with E-state index >= 15 is 0 Å². The van der Waals surface area contributed by atoms with E-state index in [4.69, 9.17) is 16.3 Å². The Morgan fingerprint density at radius 2 is 1.81 bits per heavy atom. The van der Waals surface area contributed by atoms with Crippen LogP contribution in [0.5, 0.6) is 5.75 Å². The highest BCUT2D eigenvalue weighted by Crippen LogP contribution is 2.27. The molecule has 36 heavy (non-hydrogen) atoms. The second-order valence-electron chi connectivity index (χ2n) is 7.78. The van der Waals surface area contributed by atoms with Crippen molar-refractivity contribution >= 4 is 52.8 Å². The predicted octanol–water partition coefficient (Wildman–Crippen LogP) is 4.47. The number of halogens is 2. The van der Waals surface area contributed by atoms with Crippen molar-refractivity contribution in [3.8, 4) is 5.75 Å². The van der Waals surface area contributed by atoms with Crippen molar-refractivity contribution in [2.24, 2.45) is 0 Å². The summed E-state index contributed by atoms with van der Waals surface area (Å²) < 4.78 is 19.1. The van der Waals surface area contributed by atoms with Crippen molar-refractivity contribution in [2.75, 3.05) is 16.8 Å². The third-order valence-corrected chi connectivity index (χ3v) is 5.63. The number of anilines is 2. The number of nitrogens with zero attached hydrogens (tertiary/aromatic N) is 1. The van der Waals surface area contributed by atoms with Crippen molar-refractivity contribution in [3.05, 3.63) is 94.3 Å². The Morgan fingerprint density at radius 3 is 2.50 bits per heavy atom. The van der Waals surface area contributed by atoms with Crippen molar-refractivity contribution in [2.45, 2.75) is 6.92 Å². The fraction of sp³-hybridized carbons (Fsp3) is 0.0769. The second kappa shape index (κ2) is 10.4. The van der Waals surface area contributed by atoms with Gasteiger partial charge in [0.15, 0.2) is 6.61 Å². The van der Waals surface area contributed by atoms with Gasteiger partial charge in [-0.3, -0.25) is 19.7 Å². The average Bonchev–Trinajstić information content (AvgIpc) is 2.85. The molecule has 0 unspecified atom stereocenters. The number of carbonyl (C=O) groups is 4. The van der Waals surface area contributed by atoms with E-state index in [2.05, 4.69) is 10.6 Å². The Labute approximate surface area is 210 Å². The SMILES string of the molecule is Cc1ccc(N2C(=O)NC(=O)/C(=C\c3ccc(OCC(=O)Nc4ccccc4F)cc3)C2=O)cc1Cl. The van der Waals surface area contributed by atoms with E-state index in [1.807, 2.05) is 0 Å². The van der Waals surface area contributed by atoms with Gasteiger partial charge in [0.25, 0.3) is 17.7 Å². The molecule has 2 N–H and O–H groups in total. The molecule has 5 amide bonds. The number of para-hydroxylation sites is 1. The standard InChI is InChI=1S/C26H19ClFN3O5/c1-15-6-9-17(13-20(15)27)31-25(34)19(24(33)30-26(31)35)12-16-7-10-18(11-8-16)36-14-23(32)29-22-5-3-2-4-21(22)28/h2-13H,14H2,1H3,(H,29,32)(H,30,33,35)/b19-12+. The van der Waals surface area contributed by atoms with Gasteiger partial charge >= 0.3 is 6.03 Å². The van der Waals surface area contributed by atoms with E-state index in [-0.39, 0.29) is 23.6 Å². The summed E-state index contributed by atoms with van der Waals surface area (Å²) in [7, 11) is 0. The molecule has 0 aromatic heterocycles. The first kappa shape index (κ1) is 24.6. The number of aryl methyl sites for hydroxylation is 1. The third-order valence-electron chi connectivity index (χ3n) is 5.22. The number of urea groups is 1. The fourth-order valence-corrected chi connectivity index (χ4v) is 3.51. The Morgan fingerprint density at radius 1 is 1.08 bits per heavy atom. The summed E-state index contributed by atoms with van der Waals surface area (Å²) in [5, 5.41) is 4.93. The van der Waals surface area contributed by atoms with Gasteiger partial charge in [-0.15, -0.1) is 0 Å². The molecule has 3 aromatic rings. The van der Waals surface area contributed by atoms with Gasteiger partial charge in [-0.2, -0.15) is 0 Å². The molecule has 10 heteroatoms. The molecular formula is C26H19ClFN3O5. The van der Waals surface area contributed by atoms with Gasteiger partial charge in [-0.1, -0.05) is 41.9 Å². The zero-order valence-corrected chi connectivity index (χ0v) is 19.6. The number of hydrogen-bond acceptors (Lipinski definition) is 5. The molecule has 1 fully saturated rings. The highest BCUT2D eigenvalue weighted by molar-refractivity contribution is 6.39. The molecule has 4 rings (SSSR count). The molecule has 0 atom stereocenters. The van der Waals surface area contributed by atoms with E-state index < -0.39 is 29.6 Å². The van der Waals surface area contributed by atoms with Crippen LogP contribution in [-0.4, -0.2) is 30.4 Å². The number of amides is 5. The maximum absolute atomic E-state index is 13.6. The van der Waals surface area contributed by atoms with Crippen LogP contribution in [0.4, 0.5) is 20.6 Å². The lowest BCUT2D eigenvalue weighted by molar-refractivity contribution is -0.122. The van der Waals surface area contributed by atoms with Gasteiger partial charge in [-0.05, 0) is 60.5 Å². The van der Waals surface area contributed by atoms with Crippen molar-refractivity contribution in [1.29, 1.82) is 0 Å². The van der Waals surface area contributed by atoms with Crippen LogP contribution in [0.15, 0.2) is 72.3 Å². The minimum Gasteiger partial charge on any atom is -0.484 e. The van der Waals surface area contributed by atoms with Gasteiger partial charge in [0.2, 0.25) is 0 Å². The molecule has 0 radical (unpaired) electrons. The maximum atomic E-state index is 13.6. The topological polar surface area (TPSA) is 105 Å². The molecular weight excluding hydrogens is 489 g/mol. The molecule has 1 heterocycles. The van der Waals surface area contributed by atoms with Crippen LogP contribution in [0.3, 0.4) is 0 Å². The molecule has 0 spiro atoms. The average molecular weight is 508 g/mol. The molecule has 1 aliphatic rings. The lowest BCUT2D eigenvalue weighted by atomic mass is 10.1. The fourth-order valence-electron chi connectivity index (χ4n) is 3.34. The van der Waals surface area contributed by atoms with Crippen LogP contribution >= 0.6 is 11.6 Å². The predicted molar refractivity (Wildman–Crippen MR) is 132 cm³/mol. The smallest absolute Gasteiger partial charge is 0.335 e. The Kier molecular flexibility index (Phi) is 7.12. The van der Waals surface area contributed by atoms with Crippen LogP contribution < -0.4 is 20.3 Å². The first-order valence-corrected chi connectivity index (χ1v) is 11.1. The number of carbonyl (C=O) groups excluding carboxylic acids is 4. The highest BCUT2D eigenvalue weighted by Gasteiger charge is 2.36. The largest absolute Gasteiger partial charge is 0.484 e. The normalized spacial score (nSPS) is 14.6. The monoisotopic (exact) mass is 507 g/mol. The van der Waals surface area contributed by atoms with Crippen LogP contribution in [0.2, 0.25) is 5.02 Å². The number of rotatable bonds is 6. The molecule has 1 saturated heterocycles. The third kappa shape index (κ3) is 5.42. The molecule has 3 aromatic carbocycles. The molecule has 0 aliphatic carbocycles. The summed E-state index contributed by atoms with van der Waals surface area (Å²) in [6.45, 7) is 1.42. The minimum absolute atomic E-state index is 0.0453. The van der Waals surface area contributed by atoms with Gasteiger partial charge < -0.3 is 10.1 Å². The van der Waals surface area contributed by atoms with Crippen molar-refractivity contribution in [3.63, 3.8) is 0 Å². The summed E-state index contributed by atoms with van der Waals surface area (Å²) in [5.74, 6) is -2.39. The van der Waals surface area contributed by atoms with E-state index in [1.165, 1.54) is 42.5 Å². The first-order valence-electron chi connectivity index (χ1n) is 10.7. The summed E-state index contributed by atoms with van der Waals surface area (Å²) in [6, 6.07) is 15.8. The van der Waals surface area contributed by atoms with Crippen LogP contribution in [-0.2, 0) is 14.4 Å². The van der Waals surface area contributed by atoms with E-state index in [1.54, 1.807) is 37.3 Å². The number of ether oxygens (including phenoxy) is 1. The molecule has 8 nitrogen and oxygen atoms in total. The summed E-state index contributed by atoms with van der Waals surface area (Å²) in [4.78, 5) is 50.6. The maximum Gasteiger partial charge on any atom is 0.335 e. The zero-order valence-electron chi connectivity index (χ0n) is 18.9. The van der Waals surface area contributed by atoms with Gasteiger partial charge in [0.05, 0.1) is 11.4 Å². The van der Waals surface area contributed by atoms with Crippen molar-refractivity contribution in [1.82, 2.24) is 5.32 Å². The summed E-state index contributed by atoms with van der Waals surface area (Å²) >= 11 is 6.13. The number of benzene rings is 3. The summed E-state index contributed by atoms with van der Waals surface area (Å²) in [6.07, 6.45) is 1.33. The Balaban J connectivity index is 1.45. The van der Waals surface area contributed by atoms with E-state index in [0.29, 0.717) is 16.3 Å². The first-order chi connectivity index (χ1) is 17.2.